The van der Waals surface area contributed by atoms with Crippen molar-refractivity contribution in [2.75, 3.05) is 0 Å². The summed E-state index contributed by atoms with van der Waals surface area (Å²) in [6.45, 7) is 0. The lowest BCUT2D eigenvalue weighted by atomic mass is 9.96. The third-order valence-electron chi connectivity index (χ3n) is 10.7. The molecule has 0 bridgehead atoms. The first-order valence-electron chi connectivity index (χ1n) is 18.7. The number of imidazole rings is 1. The highest BCUT2D eigenvalue weighted by molar-refractivity contribution is 6.10. The van der Waals surface area contributed by atoms with Crippen LogP contribution in [0.15, 0.2) is 200 Å². The third-order valence-corrected chi connectivity index (χ3v) is 10.7. The second-order valence-electron chi connectivity index (χ2n) is 13.9. The number of rotatable bonds is 7. The van der Waals surface area contributed by atoms with Gasteiger partial charge >= 0.3 is 0 Å². The fraction of sp³-hybridized carbons (Fsp3) is 0. The van der Waals surface area contributed by atoms with Crippen molar-refractivity contribution in [3.8, 4) is 51.3 Å². The van der Waals surface area contributed by atoms with E-state index in [0.29, 0.717) is 11.6 Å². The van der Waals surface area contributed by atoms with Gasteiger partial charge in [-0.3, -0.25) is 13.7 Å². The maximum Gasteiger partial charge on any atom is 0.221 e. The second-order valence-corrected chi connectivity index (χ2v) is 13.9. The maximum atomic E-state index is 6.62. The first-order valence-corrected chi connectivity index (χ1v) is 18.7. The standard InChI is InChI=1S/C50H33N5O/c1-3-15-34(16-4-1)37-22-13-23-38(35-17-5-2-6-18-35)49(37)53-32-31-51-50(53)55-45-26-12-9-21-41(45)42-30-29-36(33-46(42)55)56-48-28-14-27-47(52-48)54-43-24-10-7-19-39(43)40-20-8-11-25-44(40)54/h1-33H. The van der Waals surface area contributed by atoms with Crippen LogP contribution in [0.2, 0.25) is 0 Å². The highest BCUT2D eigenvalue weighted by Crippen LogP contribution is 2.40. The van der Waals surface area contributed by atoms with Crippen LogP contribution in [0, 0.1) is 0 Å². The van der Waals surface area contributed by atoms with E-state index >= 15 is 0 Å². The van der Waals surface area contributed by atoms with E-state index in [1.165, 1.54) is 10.8 Å². The number of aromatic nitrogens is 5. The van der Waals surface area contributed by atoms with Gasteiger partial charge in [-0.05, 0) is 47.5 Å². The van der Waals surface area contributed by atoms with Gasteiger partial charge in [-0.15, -0.1) is 0 Å². The number of fused-ring (bicyclic) bond motifs is 6. The van der Waals surface area contributed by atoms with Crippen LogP contribution in [0.1, 0.15) is 0 Å². The Morgan fingerprint density at radius 1 is 0.429 bits per heavy atom. The van der Waals surface area contributed by atoms with Crippen molar-refractivity contribution < 1.29 is 4.74 Å². The minimum atomic E-state index is 0.511. The Hall–Kier alpha value is -7.70. The SMILES string of the molecule is c1ccc(-c2cccc(-c3ccccc3)c2-n2ccnc2-n2c3ccccc3c3ccc(Oc4cccc(-n5c6ccccc6c6ccccc65)n4)cc32)cc1. The number of hydrogen-bond donors (Lipinski definition) is 0. The lowest BCUT2D eigenvalue weighted by molar-refractivity contribution is 0.463. The molecule has 0 amide bonds. The zero-order chi connectivity index (χ0) is 37.0. The molecular formula is C50H33N5O. The zero-order valence-electron chi connectivity index (χ0n) is 30.2. The minimum Gasteiger partial charge on any atom is -0.439 e. The maximum absolute atomic E-state index is 6.62. The van der Waals surface area contributed by atoms with Crippen molar-refractivity contribution in [2.45, 2.75) is 0 Å². The number of benzene rings is 7. The first-order chi connectivity index (χ1) is 27.8. The second kappa shape index (κ2) is 13.0. The Kier molecular flexibility index (Phi) is 7.38. The van der Waals surface area contributed by atoms with Gasteiger partial charge < -0.3 is 4.74 Å². The lowest BCUT2D eigenvalue weighted by Crippen LogP contribution is -2.07. The molecule has 0 radical (unpaired) electrons. The van der Waals surface area contributed by atoms with Gasteiger partial charge in [-0.1, -0.05) is 140 Å². The molecule has 0 fully saturated rings. The lowest BCUT2D eigenvalue weighted by Gasteiger charge is -2.19. The molecule has 0 aliphatic rings. The average Bonchev–Trinajstić information content (AvgIpc) is 3.96. The summed E-state index contributed by atoms with van der Waals surface area (Å²) < 4.78 is 13.3. The molecule has 11 aromatic rings. The predicted molar refractivity (Wildman–Crippen MR) is 227 cm³/mol. The Balaban J connectivity index is 1.07. The Morgan fingerprint density at radius 3 is 1.59 bits per heavy atom. The van der Waals surface area contributed by atoms with Crippen LogP contribution in [0.5, 0.6) is 11.6 Å². The monoisotopic (exact) mass is 719 g/mol. The Bertz CT molecular complexity index is 3120. The summed E-state index contributed by atoms with van der Waals surface area (Å²) in [6.07, 6.45) is 3.95. The minimum absolute atomic E-state index is 0.511. The largest absolute Gasteiger partial charge is 0.439 e. The Morgan fingerprint density at radius 2 is 0.964 bits per heavy atom. The molecule has 6 nitrogen and oxygen atoms in total. The highest BCUT2D eigenvalue weighted by Gasteiger charge is 2.22. The van der Waals surface area contributed by atoms with Gasteiger partial charge in [-0.2, -0.15) is 4.98 Å². The van der Waals surface area contributed by atoms with E-state index in [0.717, 1.165) is 72.5 Å². The topological polar surface area (TPSA) is 49.8 Å². The summed E-state index contributed by atoms with van der Waals surface area (Å²) in [7, 11) is 0. The zero-order valence-corrected chi connectivity index (χ0v) is 30.2. The van der Waals surface area contributed by atoms with E-state index in [1.807, 2.05) is 30.5 Å². The Labute approximate surface area is 322 Å². The molecule has 11 rings (SSSR count). The van der Waals surface area contributed by atoms with Crippen LogP contribution in [0.3, 0.4) is 0 Å². The van der Waals surface area contributed by atoms with E-state index in [9.17, 15) is 0 Å². The number of para-hydroxylation sites is 4. The molecule has 0 unspecified atom stereocenters. The van der Waals surface area contributed by atoms with Crippen molar-refractivity contribution in [3.05, 3.63) is 200 Å². The summed E-state index contributed by atoms with van der Waals surface area (Å²) in [5.74, 6) is 2.77. The summed E-state index contributed by atoms with van der Waals surface area (Å²) in [4.78, 5) is 10.1. The molecule has 0 atom stereocenters. The summed E-state index contributed by atoms with van der Waals surface area (Å²) in [6, 6.07) is 65.3. The van der Waals surface area contributed by atoms with Crippen molar-refractivity contribution >= 4 is 43.6 Å². The van der Waals surface area contributed by atoms with Gasteiger partial charge in [0, 0.05) is 57.2 Å². The molecule has 6 heteroatoms. The van der Waals surface area contributed by atoms with E-state index in [2.05, 4.69) is 184 Å². The van der Waals surface area contributed by atoms with Crippen molar-refractivity contribution in [1.82, 2.24) is 23.7 Å². The van der Waals surface area contributed by atoms with E-state index in [1.54, 1.807) is 0 Å². The fourth-order valence-corrected chi connectivity index (χ4v) is 8.24. The number of nitrogens with zero attached hydrogens (tertiary/aromatic N) is 5. The quantitative estimate of drug-likeness (QED) is 0.165. The highest BCUT2D eigenvalue weighted by atomic mass is 16.5. The molecule has 0 spiro atoms. The molecule has 0 aliphatic heterocycles. The fourth-order valence-electron chi connectivity index (χ4n) is 8.24. The normalized spacial score (nSPS) is 11.6. The summed E-state index contributed by atoms with van der Waals surface area (Å²) in [5.41, 5.74) is 9.79. The van der Waals surface area contributed by atoms with E-state index in [-0.39, 0.29) is 0 Å². The van der Waals surface area contributed by atoms with Gasteiger partial charge in [0.25, 0.3) is 0 Å². The van der Waals surface area contributed by atoms with Crippen LogP contribution in [-0.4, -0.2) is 23.7 Å². The third kappa shape index (κ3) is 5.11. The molecule has 0 aliphatic carbocycles. The van der Waals surface area contributed by atoms with Crippen LogP contribution < -0.4 is 4.74 Å². The molecule has 0 saturated heterocycles. The molecule has 0 saturated carbocycles. The number of ether oxygens (including phenoxy) is 1. The van der Waals surface area contributed by atoms with Gasteiger partial charge in [0.1, 0.15) is 11.6 Å². The molecule has 56 heavy (non-hydrogen) atoms. The van der Waals surface area contributed by atoms with Gasteiger partial charge in [0.2, 0.25) is 11.8 Å². The molecule has 4 aromatic heterocycles. The summed E-state index contributed by atoms with van der Waals surface area (Å²) in [5, 5.41) is 4.62. The summed E-state index contributed by atoms with van der Waals surface area (Å²) >= 11 is 0. The molecule has 264 valence electrons. The first kappa shape index (κ1) is 31.8. The molecule has 0 N–H and O–H groups in total. The van der Waals surface area contributed by atoms with Crippen LogP contribution in [0.25, 0.3) is 83.3 Å². The van der Waals surface area contributed by atoms with Crippen LogP contribution in [0.4, 0.5) is 0 Å². The van der Waals surface area contributed by atoms with Gasteiger partial charge in [-0.25, -0.2) is 4.98 Å². The molecule has 7 aromatic carbocycles. The average molecular weight is 720 g/mol. The van der Waals surface area contributed by atoms with Crippen LogP contribution in [-0.2, 0) is 0 Å². The molecular weight excluding hydrogens is 687 g/mol. The number of hydrogen-bond acceptors (Lipinski definition) is 3. The molecule has 4 heterocycles. The van der Waals surface area contributed by atoms with Gasteiger partial charge in [0.15, 0.2) is 0 Å². The van der Waals surface area contributed by atoms with E-state index < -0.39 is 0 Å². The van der Waals surface area contributed by atoms with E-state index in [4.69, 9.17) is 14.7 Å². The van der Waals surface area contributed by atoms with Crippen molar-refractivity contribution in [1.29, 1.82) is 0 Å². The predicted octanol–water partition coefficient (Wildman–Crippen LogP) is 12.6. The van der Waals surface area contributed by atoms with Crippen molar-refractivity contribution in [3.63, 3.8) is 0 Å². The number of pyridine rings is 1. The van der Waals surface area contributed by atoms with Crippen molar-refractivity contribution in [2.24, 2.45) is 0 Å². The smallest absolute Gasteiger partial charge is 0.221 e. The van der Waals surface area contributed by atoms with Crippen LogP contribution >= 0.6 is 0 Å². The van der Waals surface area contributed by atoms with Gasteiger partial charge in [0.05, 0.1) is 27.8 Å².